The third-order valence-corrected chi connectivity index (χ3v) is 7.72. The summed E-state index contributed by atoms with van der Waals surface area (Å²) in [6, 6.07) is 13.6. The molecule has 5 rings (SSSR count). The Morgan fingerprint density at radius 3 is 2.65 bits per heavy atom. The minimum Gasteiger partial charge on any atom is -0.478 e. The summed E-state index contributed by atoms with van der Waals surface area (Å²) in [6.07, 6.45) is 11.5. The molecule has 0 heterocycles. The number of carbonyl (C=O) groups excluding carboxylic acids is 1. The Morgan fingerprint density at radius 2 is 1.82 bits per heavy atom. The molecule has 3 aliphatic carbocycles. The van der Waals surface area contributed by atoms with Crippen LogP contribution >= 0.6 is 0 Å². The van der Waals surface area contributed by atoms with Crippen molar-refractivity contribution in [3.63, 3.8) is 0 Å². The fraction of sp³-hybridized carbons (Fsp3) is 0.379. The highest BCUT2D eigenvalue weighted by Gasteiger charge is 2.42. The first-order valence-electron chi connectivity index (χ1n) is 12.3. The second-order valence-electron chi connectivity index (χ2n) is 9.92. The molecule has 176 valence electrons. The second-order valence-corrected chi connectivity index (χ2v) is 9.92. The van der Waals surface area contributed by atoms with Crippen molar-refractivity contribution in [2.24, 2.45) is 5.41 Å². The lowest BCUT2D eigenvalue weighted by Gasteiger charge is -2.44. The summed E-state index contributed by atoms with van der Waals surface area (Å²) < 4.78 is 6.11. The van der Waals surface area contributed by atoms with E-state index in [4.69, 9.17) is 4.74 Å². The van der Waals surface area contributed by atoms with E-state index in [1.165, 1.54) is 24.0 Å². The largest absolute Gasteiger partial charge is 0.478 e. The molecule has 0 bridgehead atoms. The topological polar surface area (TPSA) is 75.6 Å². The third kappa shape index (κ3) is 4.39. The summed E-state index contributed by atoms with van der Waals surface area (Å²) in [6.45, 7) is 2.13. The SMILES string of the molecule is CC12CCC(C(=O)O)=CC1=CCCC2NC(=O)c1cccc(Oc2ccc3c(c2)CCCC3)c1. The average Bonchev–Trinajstić information content (AvgIpc) is 2.84. The van der Waals surface area contributed by atoms with E-state index in [9.17, 15) is 14.7 Å². The molecule has 0 saturated heterocycles. The zero-order valence-corrected chi connectivity index (χ0v) is 19.6. The van der Waals surface area contributed by atoms with Crippen LogP contribution in [0.1, 0.15) is 66.9 Å². The Balaban J connectivity index is 1.30. The number of ether oxygens (including phenoxy) is 1. The molecule has 0 saturated carbocycles. The molecule has 2 aromatic rings. The molecule has 5 nitrogen and oxygen atoms in total. The number of allylic oxidation sites excluding steroid dienone is 2. The predicted octanol–water partition coefficient (Wildman–Crippen LogP) is 5.99. The smallest absolute Gasteiger partial charge is 0.331 e. The first kappa shape index (κ1) is 22.5. The van der Waals surface area contributed by atoms with E-state index in [2.05, 4.69) is 30.4 Å². The summed E-state index contributed by atoms with van der Waals surface area (Å²) in [5.41, 5.74) is 4.55. The van der Waals surface area contributed by atoms with Gasteiger partial charge in [-0.15, -0.1) is 0 Å². The molecule has 3 aliphatic rings. The van der Waals surface area contributed by atoms with Gasteiger partial charge in [0.25, 0.3) is 5.91 Å². The van der Waals surface area contributed by atoms with Crippen LogP contribution in [-0.4, -0.2) is 23.0 Å². The maximum Gasteiger partial charge on any atom is 0.331 e. The number of benzene rings is 2. The zero-order chi connectivity index (χ0) is 23.7. The van der Waals surface area contributed by atoms with E-state index in [1.807, 2.05) is 18.2 Å². The third-order valence-electron chi connectivity index (χ3n) is 7.72. The maximum absolute atomic E-state index is 13.2. The van der Waals surface area contributed by atoms with Gasteiger partial charge in [-0.25, -0.2) is 4.79 Å². The Kier molecular flexibility index (Phi) is 6.03. The van der Waals surface area contributed by atoms with Crippen molar-refractivity contribution < 1.29 is 19.4 Å². The van der Waals surface area contributed by atoms with E-state index in [-0.39, 0.29) is 17.4 Å². The highest BCUT2D eigenvalue weighted by Crippen LogP contribution is 2.46. The van der Waals surface area contributed by atoms with E-state index in [0.29, 0.717) is 29.7 Å². The minimum absolute atomic E-state index is 0.0446. The lowest BCUT2D eigenvalue weighted by molar-refractivity contribution is -0.133. The molecule has 2 unspecified atom stereocenters. The lowest BCUT2D eigenvalue weighted by Crippen LogP contribution is -2.49. The van der Waals surface area contributed by atoms with E-state index in [1.54, 1.807) is 18.2 Å². The number of rotatable bonds is 5. The summed E-state index contributed by atoms with van der Waals surface area (Å²) >= 11 is 0. The number of carboxylic acids is 1. The Hall–Kier alpha value is -3.34. The van der Waals surface area contributed by atoms with Gasteiger partial charge in [0.1, 0.15) is 11.5 Å². The first-order valence-corrected chi connectivity index (χ1v) is 12.3. The highest BCUT2D eigenvalue weighted by molar-refractivity contribution is 5.95. The van der Waals surface area contributed by atoms with Crippen LogP contribution < -0.4 is 10.1 Å². The zero-order valence-electron chi connectivity index (χ0n) is 19.6. The number of aliphatic carboxylic acids is 1. The van der Waals surface area contributed by atoms with Gasteiger partial charge in [-0.1, -0.05) is 25.1 Å². The summed E-state index contributed by atoms with van der Waals surface area (Å²) in [4.78, 5) is 24.6. The number of carboxylic acid groups (broad SMARTS) is 1. The summed E-state index contributed by atoms with van der Waals surface area (Å²) in [5.74, 6) is 0.461. The van der Waals surface area contributed by atoms with Crippen LogP contribution in [0, 0.1) is 5.41 Å². The van der Waals surface area contributed by atoms with Gasteiger partial charge >= 0.3 is 5.97 Å². The van der Waals surface area contributed by atoms with Gasteiger partial charge in [0.05, 0.1) is 0 Å². The predicted molar refractivity (Wildman–Crippen MR) is 131 cm³/mol. The molecule has 0 radical (unpaired) electrons. The molecule has 0 fully saturated rings. The van der Waals surface area contributed by atoms with E-state index in [0.717, 1.165) is 37.0 Å². The molecule has 2 aromatic carbocycles. The first-order chi connectivity index (χ1) is 16.4. The fourth-order valence-corrected chi connectivity index (χ4v) is 5.61. The Bertz CT molecular complexity index is 1190. The van der Waals surface area contributed by atoms with Gasteiger partial charge in [-0.2, -0.15) is 0 Å². The van der Waals surface area contributed by atoms with Crippen molar-refractivity contribution in [3.8, 4) is 11.5 Å². The fourth-order valence-electron chi connectivity index (χ4n) is 5.61. The van der Waals surface area contributed by atoms with E-state index >= 15 is 0 Å². The normalized spacial score (nSPS) is 23.6. The quantitative estimate of drug-likeness (QED) is 0.578. The number of nitrogens with one attached hydrogen (secondary N) is 1. The van der Waals surface area contributed by atoms with Gasteiger partial charge in [-0.3, -0.25) is 4.79 Å². The molecule has 0 aromatic heterocycles. The van der Waals surface area contributed by atoms with Gasteiger partial charge in [0.15, 0.2) is 0 Å². The van der Waals surface area contributed by atoms with E-state index < -0.39 is 5.97 Å². The van der Waals surface area contributed by atoms with Crippen LogP contribution in [0.15, 0.2) is 65.8 Å². The molecule has 0 aliphatic heterocycles. The number of hydrogen-bond acceptors (Lipinski definition) is 3. The highest BCUT2D eigenvalue weighted by atomic mass is 16.5. The van der Waals surface area contributed by atoms with Crippen LogP contribution in [0.5, 0.6) is 11.5 Å². The molecular formula is C29H31NO4. The van der Waals surface area contributed by atoms with Gasteiger partial charge in [0.2, 0.25) is 0 Å². The maximum atomic E-state index is 13.2. The molecule has 5 heteroatoms. The summed E-state index contributed by atoms with van der Waals surface area (Å²) in [7, 11) is 0. The number of amides is 1. The van der Waals surface area contributed by atoms with Crippen molar-refractivity contribution in [1.82, 2.24) is 5.32 Å². The number of aryl methyl sites for hydroxylation is 2. The Labute approximate surface area is 200 Å². The molecule has 34 heavy (non-hydrogen) atoms. The van der Waals surface area contributed by atoms with Crippen LogP contribution in [0.3, 0.4) is 0 Å². The van der Waals surface area contributed by atoms with Crippen LogP contribution in [0.25, 0.3) is 0 Å². The molecular weight excluding hydrogens is 426 g/mol. The van der Waals surface area contributed by atoms with Gasteiger partial charge < -0.3 is 15.2 Å². The average molecular weight is 458 g/mol. The van der Waals surface area contributed by atoms with Crippen LogP contribution in [0.4, 0.5) is 0 Å². The molecule has 1 amide bonds. The monoisotopic (exact) mass is 457 g/mol. The van der Waals surface area contributed by atoms with Crippen molar-refractivity contribution >= 4 is 11.9 Å². The minimum atomic E-state index is -0.857. The van der Waals surface area contributed by atoms with Crippen molar-refractivity contribution in [3.05, 3.63) is 82.5 Å². The van der Waals surface area contributed by atoms with Crippen LogP contribution in [0.2, 0.25) is 0 Å². The Morgan fingerprint density at radius 1 is 1.03 bits per heavy atom. The van der Waals surface area contributed by atoms with Gasteiger partial charge in [-0.05, 0) is 104 Å². The standard InChI is InChI=1S/C29H31NO4/c1-29-15-14-22(28(32)33)16-23(29)9-5-11-26(29)30-27(31)21-8-4-10-24(18-21)34-25-13-12-19-6-2-3-7-20(19)17-25/h4,8-10,12-13,16-18,26H,2-3,5-7,11,14-15H2,1H3,(H,30,31)(H,32,33). The number of fused-ring (bicyclic) bond motifs is 2. The van der Waals surface area contributed by atoms with Crippen molar-refractivity contribution in [2.75, 3.05) is 0 Å². The number of carbonyl (C=O) groups is 2. The van der Waals surface area contributed by atoms with Crippen molar-refractivity contribution in [2.45, 2.75) is 64.3 Å². The molecule has 2 atom stereocenters. The molecule has 0 spiro atoms. The number of hydrogen-bond donors (Lipinski definition) is 2. The lowest BCUT2D eigenvalue weighted by atomic mass is 9.64. The van der Waals surface area contributed by atoms with Crippen LogP contribution in [-0.2, 0) is 17.6 Å². The molecule has 2 N–H and O–H groups in total. The van der Waals surface area contributed by atoms with Gasteiger partial charge in [0, 0.05) is 22.6 Å². The summed E-state index contributed by atoms with van der Waals surface area (Å²) in [5, 5.41) is 12.6. The second kappa shape index (κ2) is 9.13. The van der Waals surface area contributed by atoms with Crippen molar-refractivity contribution in [1.29, 1.82) is 0 Å².